The standard InChI is InChI=1S/C13H21NO2/c1-3-4-7-16-10-11-5-6-12(9-14)13(8-11)15-2/h5-6,8H,3-4,7,9-10,14H2,1-2H3. The summed E-state index contributed by atoms with van der Waals surface area (Å²) in [6, 6.07) is 6.03. The van der Waals surface area contributed by atoms with Crippen LogP contribution >= 0.6 is 0 Å². The van der Waals surface area contributed by atoms with Gasteiger partial charge >= 0.3 is 0 Å². The van der Waals surface area contributed by atoms with Crippen LogP contribution in [-0.2, 0) is 17.9 Å². The largest absolute Gasteiger partial charge is 0.496 e. The molecule has 0 fully saturated rings. The summed E-state index contributed by atoms with van der Waals surface area (Å²) in [6.07, 6.45) is 2.27. The summed E-state index contributed by atoms with van der Waals surface area (Å²) in [4.78, 5) is 0. The lowest BCUT2D eigenvalue weighted by molar-refractivity contribution is 0.118. The third kappa shape index (κ3) is 3.83. The molecule has 0 aliphatic rings. The molecule has 16 heavy (non-hydrogen) atoms. The first-order valence-corrected chi connectivity index (χ1v) is 5.75. The molecule has 0 unspecified atom stereocenters. The highest BCUT2D eigenvalue weighted by Crippen LogP contribution is 2.20. The number of hydrogen-bond donors (Lipinski definition) is 1. The highest BCUT2D eigenvalue weighted by molar-refractivity contribution is 5.37. The Bertz CT molecular complexity index is 313. The summed E-state index contributed by atoms with van der Waals surface area (Å²) in [5, 5.41) is 0. The second kappa shape index (κ2) is 7.25. The van der Waals surface area contributed by atoms with E-state index < -0.39 is 0 Å². The van der Waals surface area contributed by atoms with Gasteiger partial charge in [0.05, 0.1) is 13.7 Å². The van der Waals surface area contributed by atoms with Crippen LogP contribution < -0.4 is 10.5 Å². The van der Waals surface area contributed by atoms with Crippen molar-refractivity contribution in [2.75, 3.05) is 13.7 Å². The summed E-state index contributed by atoms with van der Waals surface area (Å²) >= 11 is 0. The zero-order chi connectivity index (χ0) is 11.8. The van der Waals surface area contributed by atoms with Crippen molar-refractivity contribution < 1.29 is 9.47 Å². The normalized spacial score (nSPS) is 10.4. The predicted octanol–water partition coefficient (Wildman–Crippen LogP) is 2.47. The van der Waals surface area contributed by atoms with Crippen LogP contribution in [0.1, 0.15) is 30.9 Å². The Hall–Kier alpha value is -1.06. The number of unbranched alkanes of at least 4 members (excludes halogenated alkanes) is 1. The topological polar surface area (TPSA) is 44.5 Å². The van der Waals surface area contributed by atoms with Gasteiger partial charge in [0.2, 0.25) is 0 Å². The molecule has 3 nitrogen and oxygen atoms in total. The lowest BCUT2D eigenvalue weighted by atomic mass is 10.1. The number of rotatable bonds is 7. The molecule has 0 radical (unpaired) electrons. The van der Waals surface area contributed by atoms with Gasteiger partial charge in [0.15, 0.2) is 0 Å². The maximum absolute atomic E-state index is 5.60. The van der Waals surface area contributed by atoms with E-state index in [4.69, 9.17) is 15.2 Å². The quantitative estimate of drug-likeness (QED) is 0.722. The molecule has 0 aromatic heterocycles. The minimum absolute atomic E-state index is 0.500. The van der Waals surface area contributed by atoms with Crippen LogP contribution in [-0.4, -0.2) is 13.7 Å². The van der Waals surface area contributed by atoms with Gasteiger partial charge in [-0.15, -0.1) is 0 Å². The Morgan fingerprint density at radius 3 is 2.75 bits per heavy atom. The minimum atomic E-state index is 0.500. The Morgan fingerprint density at radius 1 is 1.31 bits per heavy atom. The van der Waals surface area contributed by atoms with E-state index in [1.807, 2.05) is 18.2 Å². The lowest BCUT2D eigenvalue weighted by Gasteiger charge is -2.09. The van der Waals surface area contributed by atoms with E-state index >= 15 is 0 Å². The SMILES string of the molecule is CCCCOCc1ccc(CN)c(OC)c1. The molecular formula is C13H21NO2. The molecule has 1 aromatic carbocycles. The molecule has 0 atom stereocenters. The molecule has 3 heteroatoms. The number of hydrogen-bond acceptors (Lipinski definition) is 3. The van der Waals surface area contributed by atoms with Gasteiger partial charge in [-0.2, -0.15) is 0 Å². The van der Waals surface area contributed by atoms with Gasteiger partial charge in [0, 0.05) is 18.7 Å². The van der Waals surface area contributed by atoms with Gasteiger partial charge < -0.3 is 15.2 Å². The lowest BCUT2D eigenvalue weighted by Crippen LogP contribution is -2.01. The summed E-state index contributed by atoms with van der Waals surface area (Å²) in [5.41, 5.74) is 7.76. The maximum atomic E-state index is 5.60. The van der Waals surface area contributed by atoms with Crippen molar-refractivity contribution in [1.82, 2.24) is 0 Å². The van der Waals surface area contributed by atoms with E-state index in [2.05, 4.69) is 6.92 Å². The monoisotopic (exact) mass is 223 g/mol. The van der Waals surface area contributed by atoms with Crippen LogP contribution in [0.4, 0.5) is 0 Å². The Kier molecular flexibility index (Phi) is 5.90. The molecule has 0 aliphatic carbocycles. The van der Waals surface area contributed by atoms with Crippen LogP contribution in [0.25, 0.3) is 0 Å². The molecule has 1 aromatic rings. The van der Waals surface area contributed by atoms with E-state index in [-0.39, 0.29) is 0 Å². The van der Waals surface area contributed by atoms with Crippen LogP contribution in [0.5, 0.6) is 5.75 Å². The van der Waals surface area contributed by atoms with Crippen LogP contribution in [0, 0.1) is 0 Å². The Balaban J connectivity index is 2.54. The molecule has 0 amide bonds. The van der Waals surface area contributed by atoms with Crippen molar-refractivity contribution in [1.29, 1.82) is 0 Å². The van der Waals surface area contributed by atoms with Gasteiger partial charge in [0.25, 0.3) is 0 Å². The van der Waals surface area contributed by atoms with Gasteiger partial charge in [-0.1, -0.05) is 25.5 Å². The minimum Gasteiger partial charge on any atom is -0.496 e. The average molecular weight is 223 g/mol. The zero-order valence-electron chi connectivity index (χ0n) is 10.2. The van der Waals surface area contributed by atoms with Crippen molar-refractivity contribution in [2.45, 2.75) is 32.9 Å². The Labute approximate surface area is 97.6 Å². The number of ether oxygens (including phenoxy) is 2. The molecule has 1 rings (SSSR count). The smallest absolute Gasteiger partial charge is 0.123 e. The van der Waals surface area contributed by atoms with Crippen LogP contribution in [0.15, 0.2) is 18.2 Å². The molecule has 0 heterocycles. The van der Waals surface area contributed by atoms with E-state index in [0.717, 1.165) is 36.3 Å². The number of nitrogens with two attached hydrogens (primary N) is 1. The van der Waals surface area contributed by atoms with Crippen LogP contribution in [0.3, 0.4) is 0 Å². The van der Waals surface area contributed by atoms with E-state index in [1.165, 1.54) is 0 Å². The fourth-order valence-corrected chi connectivity index (χ4v) is 1.48. The molecular weight excluding hydrogens is 202 g/mol. The third-order valence-electron chi connectivity index (χ3n) is 2.48. The van der Waals surface area contributed by atoms with E-state index in [9.17, 15) is 0 Å². The van der Waals surface area contributed by atoms with Crippen molar-refractivity contribution in [3.05, 3.63) is 29.3 Å². The van der Waals surface area contributed by atoms with Crippen LogP contribution in [0.2, 0.25) is 0 Å². The van der Waals surface area contributed by atoms with Crippen molar-refractivity contribution in [3.8, 4) is 5.75 Å². The number of benzene rings is 1. The molecule has 90 valence electrons. The summed E-state index contributed by atoms with van der Waals surface area (Å²) in [6.45, 7) is 4.11. The highest BCUT2D eigenvalue weighted by Gasteiger charge is 2.02. The first-order valence-electron chi connectivity index (χ1n) is 5.75. The van der Waals surface area contributed by atoms with Gasteiger partial charge in [-0.3, -0.25) is 0 Å². The second-order valence-electron chi connectivity index (χ2n) is 3.76. The van der Waals surface area contributed by atoms with Crippen molar-refractivity contribution in [2.24, 2.45) is 5.73 Å². The van der Waals surface area contributed by atoms with Gasteiger partial charge in [-0.05, 0) is 18.1 Å². The molecule has 0 bridgehead atoms. The van der Waals surface area contributed by atoms with E-state index in [0.29, 0.717) is 13.2 Å². The highest BCUT2D eigenvalue weighted by atomic mass is 16.5. The molecule has 0 saturated heterocycles. The summed E-state index contributed by atoms with van der Waals surface area (Å²) in [7, 11) is 1.66. The predicted molar refractivity (Wildman–Crippen MR) is 65.4 cm³/mol. The molecule has 0 saturated carbocycles. The Morgan fingerprint density at radius 2 is 2.12 bits per heavy atom. The summed E-state index contributed by atoms with van der Waals surface area (Å²) < 4.78 is 10.8. The first-order chi connectivity index (χ1) is 7.81. The second-order valence-corrected chi connectivity index (χ2v) is 3.76. The molecule has 0 spiro atoms. The van der Waals surface area contributed by atoms with Gasteiger partial charge in [-0.25, -0.2) is 0 Å². The van der Waals surface area contributed by atoms with Crippen molar-refractivity contribution in [3.63, 3.8) is 0 Å². The molecule has 0 aliphatic heterocycles. The molecule has 2 N–H and O–H groups in total. The maximum Gasteiger partial charge on any atom is 0.123 e. The fraction of sp³-hybridized carbons (Fsp3) is 0.538. The first kappa shape index (κ1) is 13.0. The number of methoxy groups -OCH3 is 1. The van der Waals surface area contributed by atoms with Gasteiger partial charge in [0.1, 0.15) is 5.75 Å². The van der Waals surface area contributed by atoms with E-state index in [1.54, 1.807) is 7.11 Å². The fourth-order valence-electron chi connectivity index (χ4n) is 1.48. The third-order valence-corrected chi connectivity index (χ3v) is 2.48. The average Bonchev–Trinajstić information content (AvgIpc) is 2.34. The zero-order valence-corrected chi connectivity index (χ0v) is 10.2. The van der Waals surface area contributed by atoms with Crippen molar-refractivity contribution >= 4 is 0 Å². The summed E-state index contributed by atoms with van der Waals surface area (Å²) in [5.74, 6) is 0.846.